The first-order valence-electron chi connectivity index (χ1n) is 15.4. The topological polar surface area (TPSA) is 96.0 Å². The molecule has 1 saturated carbocycles. The van der Waals surface area contributed by atoms with Gasteiger partial charge in [-0.15, -0.1) is 0 Å². The molecule has 0 spiro atoms. The molecular formula is C36H38ClN3O5S. The Bertz CT molecular complexity index is 1710. The minimum atomic E-state index is -4.21. The molecule has 0 saturated heterocycles. The number of carbonyl (C=O) groups is 2. The highest BCUT2D eigenvalue weighted by Gasteiger charge is 2.35. The summed E-state index contributed by atoms with van der Waals surface area (Å²) in [6.07, 6.45) is 4.07. The highest BCUT2D eigenvalue weighted by molar-refractivity contribution is 7.92. The molecule has 0 aromatic heterocycles. The number of halogens is 1. The minimum Gasteiger partial charge on any atom is -0.497 e. The minimum absolute atomic E-state index is 0.00224. The Labute approximate surface area is 276 Å². The van der Waals surface area contributed by atoms with Crippen LogP contribution in [-0.2, 0) is 32.6 Å². The molecule has 1 N–H and O–H groups in total. The molecule has 4 aromatic carbocycles. The second-order valence-corrected chi connectivity index (χ2v) is 13.6. The summed E-state index contributed by atoms with van der Waals surface area (Å²) in [6.45, 7) is -0.524. The van der Waals surface area contributed by atoms with Gasteiger partial charge < -0.3 is 15.0 Å². The molecule has 0 aliphatic heterocycles. The number of amides is 2. The summed E-state index contributed by atoms with van der Waals surface area (Å²) < 4.78 is 34.6. The van der Waals surface area contributed by atoms with Crippen molar-refractivity contribution in [1.29, 1.82) is 0 Å². The summed E-state index contributed by atoms with van der Waals surface area (Å²) in [6, 6.07) is 30.3. The van der Waals surface area contributed by atoms with Crippen molar-refractivity contribution < 1.29 is 22.7 Å². The zero-order valence-corrected chi connectivity index (χ0v) is 27.3. The molecular weight excluding hydrogens is 622 g/mol. The third-order valence-electron chi connectivity index (χ3n) is 8.24. The predicted octanol–water partition coefficient (Wildman–Crippen LogP) is 6.24. The van der Waals surface area contributed by atoms with Gasteiger partial charge in [-0.05, 0) is 66.4 Å². The Morgan fingerprint density at radius 2 is 1.48 bits per heavy atom. The standard InChI is InChI=1S/C36H38ClN3O5S/c1-45-31-20-22-32(23-21-31)46(43,44)40(30-17-6-3-7-18-30)26-35(41)39(25-28-14-8-11-19-33(28)37)34(24-27-12-4-2-5-13-27)36(42)38-29-15-9-10-16-29/h2-8,11-14,17-23,29,34H,9-10,15-16,24-26H2,1H3,(H,38,42). The lowest BCUT2D eigenvalue weighted by Crippen LogP contribution is -2.54. The van der Waals surface area contributed by atoms with Crippen LogP contribution in [0, 0.1) is 0 Å². The number of hydrogen-bond acceptors (Lipinski definition) is 5. The first-order valence-corrected chi connectivity index (χ1v) is 17.2. The zero-order chi connectivity index (χ0) is 32.5. The molecule has 0 heterocycles. The van der Waals surface area contributed by atoms with Gasteiger partial charge in [0.25, 0.3) is 10.0 Å². The number of sulfonamides is 1. The highest BCUT2D eigenvalue weighted by Crippen LogP contribution is 2.27. The van der Waals surface area contributed by atoms with Crippen LogP contribution in [0.5, 0.6) is 5.75 Å². The smallest absolute Gasteiger partial charge is 0.264 e. The number of nitrogens with one attached hydrogen (secondary N) is 1. The Hall–Kier alpha value is -4.34. The summed E-state index contributed by atoms with van der Waals surface area (Å²) in [7, 11) is -2.71. The Morgan fingerprint density at radius 3 is 2.11 bits per heavy atom. The molecule has 0 radical (unpaired) electrons. The summed E-state index contributed by atoms with van der Waals surface area (Å²) in [5, 5.41) is 3.62. The normalized spacial score (nSPS) is 14.0. The van der Waals surface area contributed by atoms with E-state index in [1.165, 1.54) is 24.1 Å². The number of ether oxygens (including phenoxy) is 1. The van der Waals surface area contributed by atoms with Crippen LogP contribution in [0.25, 0.3) is 0 Å². The van der Waals surface area contributed by atoms with Crippen molar-refractivity contribution in [1.82, 2.24) is 10.2 Å². The average Bonchev–Trinajstić information content (AvgIpc) is 3.59. The van der Waals surface area contributed by atoms with Crippen molar-refractivity contribution in [2.75, 3.05) is 18.0 Å². The Morgan fingerprint density at radius 1 is 0.870 bits per heavy atom. The summed E-state index contributed by atoms with van der Waals surface area (Å²) in [4.78, 5) is 30.1. The second kappa shape index (κ2) is 15.3. The fraction of sp³-hybridized carbons (Fsp3) is 0.278. The van der Waals surface area contributed by atoms with Crippen molar-refractivity contribution in [2.45, 2.75) is 55.6 Å². The maximum Gasteiger partial charge on any atom is 0.264 e. The van der Waals surface area contributed by atoms with Gasteiger partial charge in [0, 0.05) is 24.0 Å². The van der Waals surface area contributed by atoms with E-state index in [0.29, 0.717) is 22.0 Å². The molecule has 1 atom stereocenters. The van der Waals surface area contributed by atoms with Gasteiger partial charge in [-0.2, -0.15) is 0 Å². The number of para-hydroxylation sites is 1. The maximum atomic E-state index is 14.6. The third-order valence-corrected chi connectivity index (χ3v) is 10.4. The number of benzene rings is 4. The molecule has 0 bridgehead atoms. The second-order valence-electron chi connectivity index (χ2n) is 11.3. The van der Waals surface area contributed by atoms with E-state index in [-0.39, 0.29) is 29.8 Å². The van der Waals surface area contributed by atoms with E-state index in [4.69, 9.17) is 16.3 Å². The molecule has 10 heteroatoms. The first kappa shape index (κ1) is 33.0. The van der Waals surface area contributed by atoms with E-state index in [9.17, 15) is 18.0 Å². The van der Waals surface area contributed by atoms with Crippen molar-refractivity contribution in [2.24, 2.45) is 0 Å². The first-order chi connectivity index (χ1) is 22.3. The molecule has 5 rings (SSSR count). The summed E-state index contributed by atoms with van der Waals surface area (Å²) in [5.41, 5.74) is 1.84. The third kappa shape index (κ3) is 8.08. The lowest BCUT2D eigenvalue weighted by atomic mass is 10.0. The molecule has 1 aliphatic rings. The number of carbonyl (C=O) groups excluding carboxylic acids is 2. The molecule has 4 aromatic rings. The lowest BCUT2D eigenvalue weighted by Gasteiger charge is -2.34. The van der Waals surface area contributed by atoms with Crippen LogP contribution in [0.4, 0.5) is 5.69 Å². The van der Waals surface area contributed by atoms with E-state index in [1.807, 2.05) is 36.4 Å². The van der Waals surface area contributed by atoms with Crippen LogP contribution in [0.1, 0.15) is 36.8 Å². The molecule has 1 fully saturated rings. The van der Waals surface area contributed by atoms with Gasteiger partial charge in [0.15, 0.2) is 0 Å². The lowest BCUT2D eigenvalue weighted by molar-refractivity contribution is -0.140. The van der Waals surface area contributed by atoms with Crippen molar-refractivity contribution in [3.63, 3.8) is 0 Å². The van der Waals surface area contributed by atoms with Gasteiger partial charge in [-0.3, -0.25) is 13.9 Å². The van der Waals surface area contributed by atoms with E-state index < -0.39 is 28.5 Å². The number of methoxy groups -OCH3 is 1. The van der Waals surface area contributed by atoms with Crippen molar-refractivity contribution in [3.05, 3.63) is 125 Å². The van der Waals surface area contributed by atoms with E-state index >= 15 is 0 Å². The average molecular weight is 660 g/mol. The number of nitrogens with zero attached hydrogens (tertiary/aromatic N) is 2. The van der Waals surface area contributed by atoms with Gasteiger partial charge in [-0.25, -0.2) is 8.42 Å². The van der Waals surface area contributed by atoms with Gasteiger partial charge >= 0.3 is 0 Å². The highest BCUT2D eigenvalue weighted by atomic mass is 35.5. The molecule has 2 amide bonds. The molecule has 8 nitrogen and oxygen atoms in total. The van der Waals surface area contributed by atoms with Gasteiger partial charge in [-0.1, -0.05) is 91.2 Å². The fourth-order valence-corrected chi connectivity index (χ4v) is 7.34. The van der Waals surface area contributed by atoms with E-state index in [1.54, 1.807) is 60.7 Å². The van der Waals surface area contributed by atoms with Crippen LogP contribution < -0.4 is 14.4 Å². The van der Waals surface area contributed by atoms with Gasteiger partial charge in [0.2, 0.25) is 11.8 Å². The van der Waals surface area contributed by atoms with Crippen molar-refractivity contribution in [3.8, 4) is 5.75 Å². The van der Waals surface area contributed by atoms with Gasteiger partial charge in [0.1, 0.15) is 18.3 Å². The van der Waals surface area contributed by atoms with Crippen LogP contribution in [0.2, 0.25) is 5.02 Å². The van der Waals surface area contributed by atoms with Crippen molar-refractivity contribution >= 4 is 39.1 Å². The fourth-order valence-electron chi connectivity index (χ4n) is 5.73. The summed E-state index contributed by atoms with van der Waals surface area (Å²) >= 11 is 6.58. The molecule has 1 unspecified atom stereocenters. The monoisotopic (exact) mass is 659 g/mol. The summed E-state index contributed by atoms with van der Waals surface area (Å²) in [5.74, 6) is -0.312. The Kier molecular flexibility index (Phi) is 11.0. The van der Waals surface area contributed by atoms with Crippen LogP contribution in [0.15, 0.2) is 114 Å². The molecule has 1 aliphatic carbocycles. The largest absolute Gasteiger partial charge is 0.497 e. The Balaban J connectivity index is 1.55. The van der Waals surface area contributed by atoms with Gasteiger partial charge in [0.05, 0.1) is 17.7 Å². The van der Waals surface area contributed by atoms with E-state index in [2.05, 4.69) is 5.32 Å². The molecule has 240 valence electrons. The maximum absolute atomic E-state index is 14.6. The van der Waals surface area contributed by atoms with E-state index in [0.717, 1.165) is 35.6 Å². The predicted molar refractivity (Wildman–Crippen MR) is 180 cm³/mol. The number of rotatable bonds is 13. The number of anilines is 1. The van der Waals surface area contributed by atoms with Crippen LogP contribution >= 0.6 is 11.6 Å². The van der Waals surface area contributed by atoms with Crippen LogP contribution in [0.3, 0.4) is 0 Å². The van der Waals surface area contributed by atoms with Crippen LogP contribution in [-0.4, -0.2) is 50.9 Å². The quantitative estimate of drug-likeness (QED) is 0.183. The zero-order valence-electron chi connectivity index (χ0n) is 25.7. The SMILES string of the molecule is COc1ccc(S(=O)(=O)N(CC(=O)N(Cc2ccccc2Cl)C(Cc2ccccc2)C(=O)NC2CCCC2)c2ccccc2)cc1. The number of hydrogen-bond donors (Lipinski definition) is 1. The molecule has 46 heavy (non-hydrogen) atoms.